The number of sulfonamides is 1. The van der Waals surface area contributed by atoms with E-state index in [0.29, 0.717) is 29.0 Å². The van der Waals surface area contributed by atoms with Gasteiger partial charge in [-0.15, -0.1) is 4.40 Å². The van der Waals surface area contributed by atoms with Crippen molar-refractivity contribution in [2.75, 3.05) is 11.9 Å². The highest BCUT2D eigenvalue weighted by atomic mass is 32.2. The molecule has 3 aromatic rings. The summed E-state index contributed by atoms with van der Waals surface area (Å²) < 4.78 is 35.1. The Balaban J connectivity index is 1.28. The number of nitrogens with zero attached hydrogens (tertiary/aromatic N) is 2. The summed E-state index contributed by atoms with van der Waals surface area (Å²) in [5.74, 6) is -0.558. The molecule has 208 valence electrons. The van der Waals surface area contributed by atoms with Gasteiger partial charge in [-0.3, -0.25) is 9.79 Å². The van der Waals surface area contributed by atoms with Crippen LogP contribution in [0.2, 0.25) is 0 Å². The molecular weight excluding hydrogens is 560 g/mol. The van der Waals surface area contributed by atoms with Crippen LogP contribution in [-0.4, -0.2) is 49.2 Å². The highest BCUT2D eigenvalue weighted by Gasteiger charge is 2.30. The van der Waals surface area contributed by atoms with Crippen molar-refractivity contribution >= 4 is 50.9 Å². The molecule has 2 unspecified atom stereocenters. The fourth-order valence-corrected chi connectivity index (χ4v) is 6.20. The Kier molecular flexibility index (Phi) is 8.46. The third-order valence-corrected chi connectivity index (χ3v) is 8.52. The van der Waals surface area contributed by atoms with E-state index in [9.17, 15) is 18.0 Å². The Labute approximate surface area is 242 Å². The number of rotatable bonds is 8. The van der Waals surface area contributed by atoms with Gasteiger partial charge in [0.15, 0.2) is 11.3 Å². The van der Waals surface area contributed by atoms with Crippen molar-refractivity contribution in [2.24, 2.45) is 9.39 Å². The van der Waals surface area contributed by atoms with Gasteiger partial charge in [0.05, 0.1) is 28.0 Å². The van der Waals surface area contributed by atoms with Crippen molar-refractivity contribution in [1.82, 2.24) is 5.32 Å². The number of esters is 1. The summed E-state index contributed by atoms with van der Waals surface area (Å²) in [5, 5.41) is 5.81. The lowest BCUT2D eigenvalue weighted by atomic mass is 10.1. The number of hydrogen-bond donors (Lipinski definition) is 2. The van der Waals surface area contributed by atoms with Crippen molar-refractivity contribution in [2.45, 2.75) is 22.6 Å². The quantitative estimate of drug-likeness (QED) is 0.225. The number of hydrogen-bond acceptors (Lipinski definition) is 7. The minimum atomic E-state index is -3.97. The second-order valence-corrected chi connectivity index (χ2v) is 11.7. The van der Waals surface area contributed by atoms with Gasteiger partial charge in [-0.1, -0.05) is 66.4 Å². The molecule has 1 heterocycles. The van der Waals surface area contributed by atoms with Crippen LogP contribution in [0.3, 0.4) is 0 Å². The molecule has 1 amide bonds. The lowest BCUT2D eigenvalue weighted by Crippen LogP contribution is -2.30. The van der Waals surface area contributed by atoms with Crippen LogP contribution < -0.4 is 10.6 Å². The number of fused-ring (bicyclic) bond motifs is 1. The zero-order valence-corrected chi connectivity index (χ0v) is 23.6. The first-order valence-corrected chi connectivity index (χ1v) is 15.1. The number of anilines is 1. The van der Waals surface area contributed by atoms with E-state index in [1.54, 1.807) is 91.9 Å². The smallest absolute Gasteiger partial charge is 0.337 e. The van der Waals surface area contributed by atoms with Gasteiger partial charge in [-0.25, -0.2) is 4.79 Å². The molecule has 0 bridgehead atoms. The monoisotopic (exact) mass is 586 g/mol. The van der Waals surface area contributed by atoms with Gasteiger partial charge in [0.1, 0.15) is 0 Å². The van der Waals surface area contributed by atoms with Crippen LogP contribution in [0.1, 0.15) is 22.8 Å². The summed E-state index contributed by atoms with van der Waals surface area (Å²) in [4.78, 5) is 29.6. The fourth-order valence-electron chi connectivity index (χ4n) is 4.07. The van der Waals surface area contributed by atoms with E-state index in [0.717, 1.165) is 5.71 Å². The molecule has 2 atom stereocenters. The first-order valence-electron chi connectivity index (χ1n) is 12.8. The lowest BCUT2D eigenvalue weighted by molar-refractivity contribution is -0.138. The van der Waals surface area contributed by atoms with Crippen LogP contribution in [0.15, 0.2) is 123 Å². The average molecular weight is 587 g/mol. The normalized spacial score (nSPS) is 18.1. The third kappa shape index (κ3) is 6.82. The zero-order chi connectivity index (χ0) is 28.8. The molecule has 0 spiro atoms. The number of allylic oxidation sites excluding steroid dienone is 1. The summed E-state index contributed by atoms with van der Waals surface area (Å²) in [5.41, 5.74) is 2.26. The van der Waals surface area contributed by atoms with Gasteiger partial charge >= 0.3 is 5.97 Å². The molecule has 41 heavy (non-hydrogen) atoms. The lowest BCUT2D eigenvalue weighted by Gasteiger charge is -2.14. The van der Waals surface area contributed by atoms with Crippen LogP contribution in [-0.2, 0) is 19.6 Å². The standard InChI is InChI=1S/C30H26N4O5S2/c1-2-39-29(36)22-15-18-25-26(19-22)40-30(32-25)33-28(35)21-13-16-23(17-14-21)31-27(20-9-5-3-6-10-20)34-41(37,38)24-11-7-4-8-12-24/h3-19,26,30H,2H2,1H3,(H,31,34)(H,33,35). The molecule has 0 aromatic heterocycles. The summed E-state index contributed by atoms with van der Waals surface area (Å²) in [6, 6.07) is 23.5. The maximum Gasteiger partial charge on any atom is 0.337 e. The zero-order valence-electron chi connectivity index (χ0n) is 21.9. The molecule has 0 saturated heterocycles. The summed E-state index contributed by atoms with van der Waals surface area (Å²) in [6.07, 6.45) is 5.22. The highest BCUT2D eigenvalue weighted by molar-refractivity contribution is 8.01. The highest BCUT2D eigenvalue weighted by Crippen LogP contribution is 2.32. The second kappa shape index (κ2) is 12.4. The van der Waals surface area contributed by atoms with E-state index < -0.39 is 15.5 Å². The average Bonchev–Trinajstić information content (AvgIpc) is 3.39. The number of aliphatic imine (C=N–C) groups is 1. The molecule has 3 aromatic carbocycles. The minimum Gasteiger partial charge on any atom is -0.462 e. The molecular formula is C30H26N4O5S2. The number of nitrogens with one attached hydrogen (secondary N) is 2. The maximum atomic E-state index is 13.0. The summed E-state index contributed by atoms with van der Waals surface area (Å²) in [6.45, 7) is 2.05. The Morgan fingerprint density at radius 3 is 2.29 bits per heavy atom. The molecule has 11 heteroatoms. The number of amidine groups is 1. The van der Waals surface area contributed by atoms with Crippen molar-refractivity contribution in [3.63, 3.8) is 0 Å². The van der Waals surface area contributed by atoms with E-state index in [-0.39, 0.29) is 27.9 Å². The number of benzene rings is 3. The minimum absolute atomic E-state index is 0.0820. The fraction of sp³-hybridized carbons (Fsp3) is 0.133. The van der Waals surface area contributed by atoms with E-state index in [2.05, 4.69) is 20.0 Å². The van der Waals surface area contributed by atoms with Crippen LogP contribution >= 0.6 is 11.8 Å². The van der Waals surface area contributed by atoms with E-state index in [4.69, 9.17) is 4.74 Å². The van der Waals surface area contributed by atoms with Crippen molar-refractivity contribution < 1.29 is 22.7 Å². The molecule has 9 nitrogen and oxygen atoms in total. The van der Waals surface area contributed by atoms with Gasteiger partial charge in [-0.2, -0.15) is 8.42 Å². The molecule has 5 rings (SSSR count). The molecule has 0 fully saturated rings. The van der Waals surface area contributed by atoms with Crippen LogP contribution in [0.25, 0.3) is 0 Å². The van der Waals surface area contributed by atoms with Crippen LogP contribution in [0.5, 0.6) is 0 Å². The van der Waals surface area contributed by atoms with Crippen molar-refractivity contribution in [1.29, 1.82) is 0 Å². The topological polar surface area (TPSA) is 126 Å². The molecule has 2 N–H and O–H groups in total. The number of ether oxygens (including phenoxy) is 1. The first kappa shape index (κ1) is 28.1. The van der Waals surface area contributed by atoms with Gasteiger partial charge in [0.2, 0.25) is 0 Å². The first-order chi connectivity index (χ1) is 19.8. The summed E-state index contributed by atoms with van der Waals surface area (Å²) in [7, 11) is -3.97. The van der Waals surface area contributed by atoms with Gasteiger partial charge < -0.3 is 15.4 Å². The predicted molar refractivity (Wildman–Crippen MR) is 161 cm³/mol. The van der Waals surface area contributed by atoms with Gasteiger partial charge in [-0.05, 0) is 55.5 Å². The largest absolute Gasteiger partial charge is 0.462 e. The van der Waals surface area contributed by atoms with E-state index in [1.807, 2.05) is 6.07 Å². The molecule has 0 saturated carbocycles. The Morgan fingerprint density at radius 2 is 1.61 bits per heavy atom. The second-order valence-electron chi connectivity index (χ2n) is 8.91. The van der Waals surface area contributed by atoms with Gasteiger partial charge in [0.25, 0.3) is 15.9 Å². The Bertz CT molecular complexity index is 1670. The number of carbonyl (C=O) groups excluding carboxylic acids is 2. The number of thioether (sulfide) groups is 1. The molecule has 1 aliphatic carbocycles. The predicted octanol–water partition coefficient (Wildman–Crippen LogP) is 4.56. The molecule has 2 aliphatic rings. The molecule has 0 radical (unpaired) electrons. The maximum absolute atomic E-state index is 13.0. The van der Waals surface area contributed by atoms with E-state index in [1.165, 1.54) is 23.9 Å². The Hall–Kier alpha value is -4.48. The van der Waals surface area contributed by atoms with Crippen molar-refractivity contribution in [3.8, 4) is 0 Å². The number of carbonyl (C=O) groups is 2. The van der Waals surface area contributed by atoms with Crippen molar-refractivity contribution in [3.05, 3.63) is 120 Å². The van der Waals surface area contributed by atoms with Crippen LogP contribution in [0.4, 0.5) is 5.69 Å². The molecule has 1 aliphatic heterocycles. The SMILES string of the molecule is CCOC(=O)C1=CC2SC(NC(=O)c3ccc(N/C(=N\S(=O)(=O)c4ccccc4)c4ccccc4)cc3)N=C2C=C1. The number of amides is 1. The summed E-state index contributed by atoms with van der Waals surface area (Å²) >= 11 is 1.41. The van der Waals surface area contributed by atoms with Crippen LogP contribution in [0, 0.1) is 0 Å². The Morgan fingerprint density at radius 1 is 0.927 bits per heavy atom. The van der Waals surface area contributed by atoms with E-state index >= 15 is 0 Å². The third-order valence-electron chi connectivity index (χ3n) is 6.07. The van der Waals surface area contributed by atoms with Gasteiger partial charge in [0, 0.05) is 16.8 Å².